The van der Waals surface area contributed by atoms with Crippen molar-refractivity contribution in [3.8, 4) is 0 Å². The van der Waals surface area contributed by atoms with Gasteiger partial charge in [0.1, 0.15) is 6.73 Å². The van der Waals surface area contributed by atoms with Crippen LogP contribution in [0.4, 0.5) is 0 Å². The van der Waals surface area contributed by atoms with Crippen LogP contribution in [0.3, 0.4) is 0 Å². The number of aliphatic hydroxyl groups excluding tert-OH is 1. The van der Waals surface area contributed by atoms with Gasteiger partial charge >= 0.3 is 0 Å². The lowest BCUT2D eigenvalue weighted by molar-refractivity contribution is 0.310. The molecular formula is C10H12N2OS. The molecule has 74 valence electrons. The van der Waals surface area contributed by atoms with Gasteiger partial charge in [-0.1, -0.05) is 6.07 Å². The van der Waals surface area contributed by atoms with E-state index in [0.29, 0.717) is 5.70 Å². The second-order valence-electron chi connectivity index (χ2n) is 2.49. The van der Waals surface area contributed by atoms with Crippen LogP contribution in [0.25, 0.3) is 6.08 Å². The zero-order valence-electron chi connectivity index (χ0n) is 7.63. The van der Waals surface area contributed by atoms with E-state index < -0.39 is 0 Å². The summed E-state index contributed by atoms with van der Waals surface area (Å²) >= 11 is 1.65. The molecule has 0 spiro atoms. The summed E-state index contributed by atoms with van der Waals surface area (Å²) in [5.41, 5.74) is 6.24. The molecule has 4 heteroatoms. The molecule has 0 saturated carbocycles. The average Bonchev–Trinajstić information content (AvgIpc) is 2.68. The minimum atomic E-state index is -0.210. The fraction of sp³-hybridized carbons (Fsp3) is 0.100. The third kappa shape index (κ3) is 4.02. The van der Waals surface area contributed by atoms with Crippen molar-refractivity contribution in [2.45, 2.75) is 0 Å². The molecule has 0 aliphatic carbocycles. The number of nitrogens with zero attached hydrogens (tertiary/aromatic N) is 1. The van der Waals surface area contributed by atoms with E-state index in [0.717, 1.165) is 4.88 Å². The smallest absolute Gasteiger partial charge is 0.134 e. The van der Waals surface area contributed by atoms with Crippen molar-refractivity contribution in [1.82, 2.24) is 0 Å². The van der Waals surface area contributed by atoms with Gasteiger partial charge in [0.05, 0.1) is 0 Å². The normalized spacial score (nSPS) is 13.1. The van der Waals surface area contributed by atoms with Crippen molar-refractivity contribution in [2.24, 2.45) is 10.7 Å². The molecule has 0 atom stereocenters. The Hall–Kier alpha value is -1.39. The zero-order chi connectivity index (χ0) is 10.2. The number of aliphatic hydroxyl groups is 1. The molecule has 1 aromatic heterocycles. The largest absolute Gasteiger partial charge is 0.399 e. The summed E-state index contributed by atoms with van der Waals surface area (Å²) in [6, 6.07) is 3.99. The lowest BCUT2D eigenvalue weighted by Gasteiger charge is -1.88. The molecular weight excluding hydrogens is 196 g/mol. The summed E-state index contributed by atoms with van der Waals surface area (Å²) in [4.78, 5) is 4.75. The van der Waals surface area contributed by atoms with Crippen molar-refractivity contribution >= 4 is 23.6 Å². The molecule has 1 aromatic rings. The molecule has 0 aliphatic rings. The second kappa shape index (κ2) is 6.12. The Morgan fingerprint density at radius 1 is 1.64 bits per heavy atom. The Morgan fingerprint density at radius 2 is 2.50 bits per heavy atom. The molecule has 14 heavy (non-hydrogen) atoms. The van der Waals surface area contributed by atoms with Crippen LogP contribution >= 0.6 is 11.3 Å². The van der Waals surface area contributed by atoms with Gasteiger partial charge in [-0.05, 0) is 29.7 Å². The fourth-order valence-corrected chi connectivity index (χ4v) is 1.42. The van der Waals surface area contributed by atoms with E-state index in [1.165, 1.54) is 6.21 Å². The van der Waals surface area contributed by atoms with Gasteiger partial charge in [-0.15, -0.1) is 11.3 Å². The molecule has 0 aliphatic heterocycles. The van der Waals surface area contributed by atoms with Crippen LogP contribution in [0, 0.1) is 0 Å². The summed E-state index contributed by atoms with van der Waals surface area (Å²) < 4.78 is 0. The molecule has 0 amide bonds. The number of hydrogen-bond acceptors (Lipinski definition) is 4. The van der Waals surface area contributed by atoms with E-state index in [-0.39, 0.29) is 6.73 Å². The van der Waals surface area contributed by atoms with Gasteiger partial charge in [0, 0.05) is 16.8 Å². The number of thiophene rings is 1. The van der Waals surface area contributed by atoms with E-state index in [1.807, 2.05) is 23.6 Å². The van der Waals surface area contributed by atoms with Crippen LogP contribution in [0.5, 0.6) is 0 Å². The van der Waals surface area contributed by atoms with Crippen molar-refractivity contribution in [2.75, 3.05) is 6.73 Å². The molecule has 0 aromatic carbocycles. The van der Waals surface area contributed by atoms with Crippen LogP contribution in [-0.2, 0) is 0 Å². The topological polar surface area (TPSA) is 58.6 Å². The van der Waals surface area contributed by atoms with Crippen LogP contribution in [0.2, 0.25) is 0 Å². The number of hydrogen-bond donors (Lipinski definition) is 2. The maximum atomic E-state index is 8.37. The number of rotatable bonds is 4. The minimum Gasteiger partial charge on any atom is -0.399 e. The molecule has 0 unspecified atom stereocenters. The molecule has 3 N–H and O–H groups in total. The third-order valence-corrected chi connectivity index (χ3v) is 2.27. The lowest BCUT2D eigenvalue weighted by Crippen LogP contribution is -1.92. The van der Waals surface area contributed by atoms with E-state index in [2.05, 4.69) is 4.99 Å². The molecule has 0 bridgehead atoms. The maximum absolute atomic E-state index is 8.37. The highest BCUT2D eigenvalue weighted by atomic mass is 32.1. The zero-order valence-corrected chi connectivity index (χ0v) is 8.45. The van der Waals surface area contributed by atoms with Crippen molar-refractivity contribution in [3.05, 3.63) is 40.2 Å². The monoisotopic (exact) mass is 208 g/mol. The molecule has 1 rings (SSSR count). The SMILES string of the molecule is NC(=C\C=N\CO)/C=C/c1cccs1. The predicted octanol–water partition coefficient (Wildman–Crippen LogP) is 1.62. The molecule has 0 radical (unpaired) electrons. The van der Waals surface area contributed by atoms with Crippen molar-refractivity contribution in [3.63, 3.8) is 0 Å². The first-order valence-corrected chi connectivity index (χ1v) is 4.99. The van der Waals surface area contributed by atoms with Crippen LogP contribution in [0.1, 0.15) is 4.88 Å². The van der Waals surface area contributed by atoms with Crippen LogP contribution < -0.4 is 5.73 Å². The van der Waals surface area contributed by atoms with Crippen LogP contribution in [-0.4, -0.2) is 18.1 Å². The Bertz CT molecular complexity index is 339. The first-order chi connectivity index (χ1) is 6.83. The summed E-state index contributed by atoms with van der Waals surface area (Å²) in [5.74, 6) is 0. The second-order valence-corrected chi connectivity index (χ2v) is 3.47. The van der Waals surface area contributed by atoms with Gasteiger partial charge < -0.3 is 10.8 Å². The van der Waals surface area contributed by atoms with E-state index in [4.69, 9.17) is 10.8 Å². The lowest BCUT2D eigenvalue weighted by atomic mass is 10.3. The number of aliphatic imine (C=N–C) groups is 1. The molecule has 3 nitrogen and oxygen atoms in total. The van der Waals surface area contributed by atoms with E-state index in [9.17, 15) is 0 Å². The van der Waals surface area contributed by atoms with E-state index in [1.54, 1.807) is 23.5 Å². The fourth-order valence-electron chi connectivity index (χ4n) is 0.806. The van der Waals surface area contributed by atoms with Gasteiger partial charge in [-0.25, -0.2) is 0 Å². The quantitative estimate of drug-likeness (QED) is 0.583. The highest BCUT2D eigenvalue weighted by molar-refractivity contribution is 7.10. The Morgan fingerprint density at radius 3 is 3.14 bits per heavy atom. The first-order valence-electron chi connectivity index (χ1n) is 4.11. The molecule has 0 fully saturated rings. The highest BCUT2D eigenvalue weighted by Crippen LogP contribution is 2.10. The summed E-state index contributed by atoms with van der Waals surface area (Å²) in [7, 11) is 0. The summed E-state index contributed by atoms with van der Waals surface area (Å²) in [6.45, 7) is -0.210. The standard InChI is InChI=1S/C10H12N2OS/c11-9(5-6-12-8-13)3-4-10-2-1-7-14-10/h1-7,13H,8,11H2/b4-3+,9-5-,12-6+. The predicted molar refractivity (Wildman–Crippen MR) is 61.2 cm³/mol. The van der Waals surface area contributed by atoms with Crippen molar-refractivity contribution in [1.29, 1.82) is 0 Å². The van der Waals surface area contributed by atoms with E-state index >= 15 is 0 Å². The van der Waals surface area contributed by atoms with Gasteiger partial charge in [-0.3, -0.25) is 4.99 Å². The highest BCUT2D eigenvalue weighted by Gasteiger charge is 1.85. The molecule has 0 saturated heterocycles. The first kappa shape index (κ1) is 10.7. The van der Waals surface area contributed by atoms with Gasteiger partial charge in [0.25, 0.3) is 0 Å². The average molecular weight is 208 g/mol. The van der Waals surface area contributed by atoms with Gasteiger partial charge in [-0.2, -0.15) is 0 Å². The van der Waals surface area contributed by atoms with Crippen LogP contribution in [0.15, 0.2) is 40.4 Å². The third-order valence-electron chi connectivity index (χ3n) is 1.44. The Balaban J connectivity index is 2.51. The number of nitrogens with two attached hydrogens (primary N) is 1. The summed E-state index contributed by atoms with van der Waals surface area (Å²) in [5, 5.41) is 10.4. The van der Waals surface area contributed by atoms with Crippen molar-refractivity contribution < 1.29 is 5.11 Å². The Kier molecular flexibility index (Phi) is 4.68. The summed E-state index contributed by atoms with van der Waals surface area (Å²) in [6.07, 6.45) is 6.85. The van der Waals surface area contributed by atoms with Gasteiger partial charge in [0.15, 0.2) is 0 Å². The molecule has 1 heterocycles. The Labute approximate surface area is 86.9 Å². The minimum absolute atomic E-state index is 0.210. The van der Waals surface area contributed by atoms with Gasteiger partial charge in [0.2, 0.25) is 0 Å². The maximum Gasteiger partial charge on any atom is 0.134 e. The number of allylic oxidation sites excluding steroid dienone is 2.